The zero-order valence-electron chi connectivity index (χ0n) is 14.0. The van der Waals surface area contributed by atoms with E-state index in [4.69, 9.17) is 9.47 Å². The first-order valence-corrected chi connectivity index (χ1v) is 10.1. The number of carbonyl (C=O) groups excluding carboxylic acids is 1. The normalized spacial score (nSPS) is 11.3. The van der Waals surface area contributed by atoms with Gasteiger partial charge in [0.2, 0.25) is 10.0 Å². The highest BCUT2D eigenvalue weighted by molar-refractivity contribution is 7.89. The van der Waals surface area contributed by atoms with E-state index in [0.29, 0.717) is 18.1 Å². The van der Waals surface area contributed by atoms with Crippen LogP contribution in [0.25, 0.3) is 0 Å². The summed E-state index contributed by atoms with van der Waals surface area (Å²) in [5.41, 5.74) is 0.686. The van der Waals surface area contributed by atoms with Gasteiger partial charge >= 0.3 is 5.97 Å². The lowest BCUT2D eigenvalue weighted by Crippen LogP contribution is -2.26. The monoisotopic (exact) mass is 384 g/mol. The summed E-state index contributed by atoms with van der Waals surface area (Å²) in [4.78, 5) is 16.0. The van der Waals surface area contributed by atoms with Crippen LogP contribution in [-0.4, -0.2) is 32.5 Å². The molecule has 0 spiro atoms. The fraction of sp³-hybridized carbons (Fsp3) is 0.375. The van der Waals surface area contributed by atoms with Crippen molar-refractivity contribution in [3.05, 3.63) is 40.3 Å². The van der Waals surface area contributed by atoms with Crippen LogP contribution in [0.5, 0.6) is 5.75 Å². The van der Waals surface area contributed by atoms with Gasteiger partial charge in [0.1, 0.15) is 12.4 Å². The van der Waals surface area contributed by atoms with E-state index in [2.05, 4.69) is 9.71 Å². The number of aromatic nitrogens is 1. The number of esters is 1. The average Bonchev–Trinajstić information content (AvgIpc) is 2.99. The van der Waals surface area contributed by atoms with E-state index in [1.807, 2.05) is 19.2 Å². The number of nitrogens with zero attached hydrogens (tertiary/aromatic N) is 1. The van der Waals surface area contributed by atoms with Gasteiger partial charge in [-0.3, -0.25) is 4.79 Å². The molecule has 0 amide bonds. The standard InChI is InChI=1S/C16H20N2O5S2/c1-3-22-14-4-6-15(7-5-14)25(20,21)17-9-8-16(19)23-10-13-11-24-12(2)18-13/h4-7,11,17H,3,8-10H2,1-2H3. The van der Waals surface area contributed by atoms with E-state index >= 15 is 0 Å². The van der Waals surface area contributed by atoms with Crippen molar-refractivity contribution in [2.75, 3.05) is 13.2 Å². The number of aryl methyl sites for hydroxylation is 1. The topological polar surface area (TPSA) is 94.6 Å². The highest BCUT2D eigenvalue weighted by atomic mass is 32.2. The van der Waals surface area contributed by atoms with Crippen molar-refractivity contribution in [3.8, 4) is 5.75 Å². The number of hydrogen-bond acceptors (Lipinski definition) is 7. The fourth-order valence-corrected chi connectivity index (χ4v) is 3.58. The number of carbonyl (C=O) groups is 1. The number of rotatable bonds is 9. The van der Waals surface area contributed by atoms with Crippen molar-refractivity contribution < 1.29 is 22.7 Å². The molecule has 0 saturated heterocycles. The van der Waals surface area contributed by atoms with Crippen LogP contribution in [0.4, 0.5) is 0 Å². The summed E-state index contributed by atoms with van der Waals surface area (Å²) in [5.74, 6) is 0.113. The van der Waals surface area contributed by atoms with Crippen molar-refractivity contribution in [1.29, 1.82) is 0 Å². The first-order valence-electron chi connectivity index (χ1n) is 7.70. The fourth-order valence-electron chi connectivity index (χ4n) is 1.95. The Morgan fingerprint density at radius 3 is 2.60 bits per heavy atom. The molecule has 0 saturated carbocycles. The minimum Gasteiger partial charge on any atom is -0.494 e. The Morgan fingerprint density at radius 2 is 2.00 bits per heavy atom. The summed E-state index contributed by atoms with van der Waals surface area (Å²) in [7, 11) is -3.68. The van der Waals surface area contributed by atoms with E-state index in [9.17, 15) is 13.2 Å². The number of benzene rings is 1. The second-order valence-electron chi connectivity index (χ2n) is 5.07. The molecule has 25 heavy (non-hydrogen) atoms. The van der Waals surface area contributed by atoms with Crippen LogP contribution in [0.1, 0.15) is 24.0 Å². The highest BCUT2D eigenvalue weighted by Gasteiger charge is 2.15. The number of nitrogens with one attached hydrogen (secondary N) is 1. The molecule has 1 aromatic carbocycles. The van der Waals surface area contributed by atoms with Crippen LogP contribution in [0.3, 0.4) is 0 Å². The maximum atomic E-state index is 12.2. The Morgan fingerprint density at radius 1 is 1.28 bits per heavy atom. The van der Waals surface area contributed by atoms with Crippen molar-refractivity contribution in [2.24, 2.45) is 0 Å². The predicted octanol–water partition coefficient (Wildman–Crippen LogP) is 2.26. The maximum absolute atomic E-state index is 12.2. The van der Waals surface area contributed by atoms with Crippen molar-refractivity contribution in [3.63, 3.8) is 0 Å². The number of ether oxygens (including phenoxy) is 2. The van der Waals surface area contributed by atoms with E-state index in [1.165, 1.54) is 23.5 Å². The number of hydrogen-bond donors (Lipinski definition) is 1. The lowest BCUT2D eigenvalue weighted by molar-refractivity contribution is -0.144. The molecule has 0 unspecified atom stereocenters. The number of sulfonamides is 1. The first-order chi connectivity index (χ1) is 11.9. The van der Waals surface area contributed by atoms with E-state index in [-0.39, 0.29) is 24.5 Å². The molecular weight excluding hydrogens is 364 g/mol. The molecule has 0 aliphatic rings. The van der Waals surface area contributed by atoms with Crippen LogP contribution in [-0.2, 0) is 26.2 Å². The van der Waals surface area contributed by atoms with Gasteiger partial charge < -0.3 is 9.47 Å². The SMILES string of the molecule is CCOc1ccc(S(=O)(=O)NCCC(=O)OCc2csc(C)n2)cc1. The van der Waals surface area contributed by atoms with Gasteiger partial charge in [0.15, 0.2) is 0 Å². The molecule has 0 aliphatic heterocycles. The smallest absolute Gasteiger partial charge is 0.307 e. The summed E-state index contributed by atoms with van der Waals surface area (Å²) in [5, 5.41) is 2.71. The molecule has 9 heteroatoms. The van der Waals surface area contributed by atoms with Crippen LogP contribution < -0.4 is 9.46 Å². The molecule has 2 aromatic rings. The van der Waals surface area contributed by atoms with Gasteiger partial charge in [-0.2, -0.15) is 0 Å². The molecule has 136 valence electrons. The second kappa shape index (κ2) is 8.93. The Hall–Kier alpha value is -1.97. The molecule has 2 rings (SSSR count). The van der Waals surface area contributed by atoms with Crippen molar-refractivity contribution >= 4 is 27.3 Å². The molecule has 1 aromatic heterocycles. The summed E-state index contributed by atoms with van der Waals surface area (Å²) in [6.45, 7) is 4.28. The van der Waals surface area contributed by atoms with E-state index in [1.54, 1.807) is 12.1 Å². The van der Waals surface area contributed by atoms with Gasteiger partial charge in [-0.1, -0.05) is 0 Å². The van der Waals surface area contributed by atoms with Crippen LogP contribution in [0, 0.1) is 6.92 Å². The zero-order valence-corrected chi connectivity index (χ0v) is 15.7. The summed E-state index contributed by atoms with van der Waals surface area (Å²) in [6, 6.07) is 6.08. The summed E-state index contributed by atoms with van der Waals surface area (Å²) in [6.07, 6.45) is -0.0562. The molecule has 0 bridgehead atoms. The Bertz CT molecular complexity index is 800. The molecule has 0 fully saturated rings. The van der Waals surface area contributed by atoms with Crippen molar-refractivity contribution in [1.82, 2.24) is 9.71 Å². The Balaban J connectivity index is 1.78. The van der Waals surface area contributed by atoms with Gasteiger partial charge in [-0.15, -0.1) is 11.3 Å². The lowest BCUT2D eigenvalue weighted by atomic mass is 10.3. The molecule has 0 atom stereocenters. The zero-order chi connectivity index (χ0) is 18.3. The maximum Gasteiger partial charge on any atom is 0.307 e. The summed E-state index contributed by atoms with van der Waals surface area (Å²) >= 11 is 1.48. The van der Waals surface area contributed by atoms with Gasteiger partial charge in [-0.25, -0.2) is 18.1 Å². The van der Waals surface area contributed by atoms with Crippen LogP contribution >= 0.6 is 11.3 Å². The minimum atomic E-state index is -3.68. The molecule has 0 aliphatic carbocycles. The van der Waals surface area contributed by atoms with Crippen LogP contribution in [0.2, 0.25) is 0 Å². The third-order valence-electron chi connectivity index (χ3n) is 3.11. The molecular formula is C16H20N2O5S2. The van der Waals surface area contributed by atoms with Crippen LogP contribution in [0.15, 0.2) is 34.5 Å². The third kappa shape index (κ3) is 6.11. The first kappa shape index (κ1) is 19.4. The van der Waals surface area contributed by atoms with Gasteiger partial charge in [0.05, 0.1) is 28.6 Å². The quantitative estimate of drug-likeness (QED) is 0.667. The number of thiazole rings is 1. The van der Waals surface area contributed by atoms with E-state index < -0.39 is 16.0 Å². The second-order valence-corrected chi connectivity index (χ2v) is 7.90. The molecule has 0 radical (unpaired) electrons. The largest absolute Gasteiger partial charge is 0.494 e. The van der Waals surface area contributed by atoms with E-state index in [0.717, 1.165) is 5.01 Å². The predicted molar refractivity (Wildman–Crippen MR) is 94.1 cm³/mol. The Labute approximate surface area is 151 Å². The average molecular weight is 384 g/mol. The molecule has 7 nitrogen and oxygen atoms in total. The Kier molecular flexibility index (Phi) is 6.91. The summed E-state index contributed by atoms with van der Waals surface area (Å²) < 4.78 is 37.0. The molecule has 1 N–H and O–H groups in total. The van der Waals surface area contributed by atoms with Gasteiger partial charge in [-0.05, 0) is 38.1 Å². The van der Waals surface area contributed by atoms with Gasteiger partial charge in [0, 0.05) is 11.9 Å². The third-order valence-corrected chi connectivity index (χ3v) is 5.41. The highest BCUT2D eigenvalue weighted by Crippen LogP contribution is 2.15. The lowest BCUT2D eigenvalue weighted by Gasteiger charge is -2.08. The minimum absolute atomic E-state index is 0.0372. The molecule has 1 heterocycles. The van der Waals surface area contributed by atoms with Crippen molar-refractivity contribution in [2.45, 2.75) is 31.8 Å². The van der Waals surface area contributed by atoms with Gasteiger partial charge in [0.25, 0.3) is 0 Å².